The van der Waals surface area contributed by atoms with E-state index in [1.165, 1.54) is 11.8 Å². The van der Waals surface area contributed by atoms with Crippen LogP contribution in [0.15, 0.2) is 29.4 Å². The molecule has 0 saturated heterocycles. The van der Waals surface area contributed by atoms with E-state index in [9.17, 15) is 14.4 Å². The van der Waals surface area contributed by atoms with E-state index in [1.54, 1.807) is 20.8 Å². The molecule has 0 fully saturated rings. The lowest BCUT2D eigenvalue weighted by Gasteiger charge is -2.08. The van der Waals surface area contributed by atoms with Crippen molar-refractivity contribution in [3.05, 3.63) is 56.7 Å². The van der Waals surface area contributed by atoms with Gasteiger partial charge in [0.05, 0.1) is 24.5 Å². The van der Waals surface area contributed by atoms with Crippen LogP contribution in [-0.4, -0.2) is 51.6 Å². The Kier molecular flexibility index (Phi) is 9.91. The van der Waals surface area contributed by atoms with Crippen LogP contribution in [0.4, 0.5) is 5.00 Å². The fourth-order valence-corrected chi connectivity index (χ4v) is 5.45. The number of anilines is 1. The maximum Gasteiger partial charge on any atom is 0.348 e. The number of ether oxygens (including phenoxy) is 2. The minimum Gasteiger partial charge on any atom is -0.462 e. The largest absolute Gasteiger partial charge is 0.462 e. The minimum atomic E-state index is -0.609. The van der Waals surface area contributed by atoms with Gasteiger partial charge in [-0.1, -0.05) is 35.5 Å². The van der Waals surface area contributed by atoms with Crippen molar-refractivity contribution in [1.82, 2.24) is 14.8 Å². The first-order valence-corrected chi connectivity index (χ1v) is 13.5. The number of carbonyl (C=O) groups excluding carboxylic acids is 3. The zero-order chi connectivity index (χ0) is 26.2. The molecule has 36 heavy (non-hydrogen) atoms. The van der Waals surface area contributed by atoms with E-state index >= 15 is 0 Å². The van der Waals surface area contributed by atoms with Gasteiger partial charge in [0.2, 0.25) is 5.91 Å². The molecular weight excluding hydrogens is 524 g/mol. The predicted molar refractivity (Wildman–Crippen MR) is 140 cm³/mol. The van der Waals surface area contributed by atoms with Crippen molar-refractivity contribution >= 4 is 57.5 Å². The number of nitrogens with zero attached hydrogens (tertiary/aromatic N) is 3. The van der Waals surface area contributed by atoms with Gasteiger partial charge in [-0.3, -0.25) is 4.79 Å². The van der Waals surface area contributed by atoms with E-state index in [0.29, 0.717) is 28.7 Å². The van der Waals surface area contributed by atoms with Gasteiger partial charge in [-0.2, -0.15) is 0 Å². The van der Waals surface area contributed by atoms with Gasteiger partial charge >= 0.3 is 11.9 Å². The number of esters is 2. The van der Waals surface area contributed by atoms with Gasteiger partial charge in [0, 0.05) is 18.0 Å². The van der Waals surface area contributed by atoms with E-state index in [0.717, 1.165) is 22.7 Å². The molecule has 0 bridgehead atoms. The van der Waals surface area contributed by atoms with Crippen LogP contribution in [0.1, 0.15) is 57.8 Å². The maximum atomic E-state index is 12.8. The SMILES string of the molecule is CCOC(=O)c1sc(NC(=O)CSc2nnc(Cc3ccc(Cl)cc3)n2CC)c(C(=O)OCC)c1C. The number of hydrogen-bond acceptors (Lipinski definition) is 9. The highest BCUT2D eigenvalue weighted by Gasteiger charge is 2.27. The molecule has 0 spiro atoms. The highest BCUT2D eigenvalue weighted by Crippen LogP contribution is 2.34. The summed E-state index contributed by atoms with van der Waals surface area (Å²) in [5, 5.41) is 12.8. The van der Waals surface area contributed by atoms with Crippen molar-refractivity contribution in [1.29, 1.82) is 0 Å². The van der Waals surface area contributed by atoms with Crippen molar-refractivity contribution in [2.75, 3.05) is 24.3 Å². The summed E-state index contributed by atoms with van der Waals surface area (Å²) in [7, 11) is 0. The zero-order valence-electron chi connectivity index (χ0n) is 20.4. The lowest BCUT2D eigenvalue weighted by molar-refractivity contribution is -0.113. The molecule has 2 aromatic heterocycles. The molecular formula is C24H27ClN4O5S2. The average Bonchev–Trinajstić information content (AvgIpc) is 3.39. The van der Waals surface area contributed by atoms with Crippen LogP contribution in [0, 0.1) is 6.92 Å². The molecule has 0 aliphatic rings. The predicted octanol–water partition coefficient (Wildman–Crippen LogP) is 5.00. The second-order valence-electron chi connectivity index (χ2n) is 7.48. The van der Waals surface area contributed by atoms with Crippen molar-refractivity contribution in [2.24, 2.45) is 0 Å². The Hall–Kier alpha value is -2.89. The van der Waals surface area contributed by atoms with Crippen molar-refractivity contribution in [2.45, 2.75) is 45.8 Å². The summed E-state index contributed by atoms with van der Waals surface area (Å²) >= 11 is 8.20. The average molecular weight is 551 g/mol. The minimum absolute atomic E-state index is 0.0348. The Morgan fingerprint density at radius 2 is 1.72 bits per heavy atom. The van der Waals surface area contributed by atoms with Crippen LogP contribution in [0.5, 0.6) is 0 Å². The number of rotatable bonds is 11. The lowest BCUT2D eigenvalue weighted by atomic mass is 10.1. The number of aromatic nitrogens is 3. The first-order valence-electron chi connectivity index (χ1n) is 11.4. The van der Waals surface area contributed by atoms with Gasteiger partial charge in [-0.25, -0.2) is 9.59 Å². The summed E-state index contributed by atoms with van der Waals surface area (Å²) in [6.07, 6.45) is 0.582. The summed E-state index contributed by atoms with van der Waals surface area (Å²) < 4.78 is 12.2. The van der Waals surface area contributed by atoms with E-state index in [2.05, 4.69) is 15.5 Å². The van der Waals surface area contributed by atoms with Gasteiger partial charge in [0.1, 0.15) is 15.7 Å². The molecule has 1 amide bonds. The molecule has 3 rings (SSSR count). The zero-order valence-corrected chi connectivity index (χ0v) is 22.8. The normalized spacial score (nSPS) is 10.8. The van der Waals surface area contributed by atoms with Gasteiger partial charge in [0.15, 0.2) is 5.16 Å². The van der Waals surface area contributed by atoms with Crippen LogP contribution < -0.4 is 5.32 Å². The van der Waals surface area contributed by atoms with E-state index in [4.69, 9.17) is 21.1 Å². The Bertz CT molecular complexity index is 1240. The summed E-state index contributed by atoms with van der Waals surface area (Å²) in [6.45, 7) is 7.99. The summed E-state index contributed by atoms with van der Waals surface area (Å²) in [5.74, 6) is -0.702. The second-order valence-corrected chi connectivity index (χ2v) is 9.88. The first kappa shape index (κ1) is 27.7. The summed E-state index contributed by atoms with van der Waals surface area (Å²) in [4.78, 5) is 37.9. The number of thiophene rings is 1. The molecule has 0 atom stereocenters. The van der Waals surface area contributed by atoms with Crippen LogP contribution in [0.2, 0.25) is 5.02 Å². The number of hydrogen-bond donors (Lipinski definition) is 1. The van der Waals surface area contributed by atoms with Crippen LogP contribution in [0.3, 0.4) is 0 Å². The molecule has 0 radical (unpaired) electrons. The third-order valence-electron chi connectivity index (χ3n) is 5.06. The Morgan fingerprint density at radius 1 is 1.06 bits per heavy atom. The van der Waals surface area contributed by atoms with Crippen molar-refractivity contribution in [3.8, 4) is 0 Å². The Morgan fingerprint density at radius 3 is 2.36 bits per heavy atom. The van der Waals surface area contributed by atoms with Gasteiger partial charge in [-0.15, -0.1) is 21.5 Å². The molecule has 2 heterocycles. The van der Waals surface area contributed by atoms with Crippen molar-refractivity contribution < 1.29 is 23.9 Å². The highest BCUT2D eigenvalue weighted by atomic mass is 35.5. The molecule has 9 nitrogen and oxygen atoms in total. The molecule has 0 unspecified atom stereocenters. The first-order chi connectivity index (χ1) is 17.3. The number of benzene rings is 1. The smallest absolute Gasteiger partial charge is 0.348 e. The number of halogens is 1. The summed E-state index contributed by atoms with van der Waals surface area (Å²) in [5.41, 5.74) is 1.62. The lowest BCUT2D eigenvalue weighted by Crippen LogP contribution is -2.17. The molecule has 3 aromatic rings. The fourth-order valence-electron chi connectivity index (χ4n) is 3.39. The van der Waals surface area contributed by atoms with Crippen LogP contribution >= 0.6 is 34.7 Å². The standard InChI is InChI=1S/C24H27ClN4O5S2/c1-5-29-17(12-15-8-10-16(25)11-9-15)27-28-24(29)35-13-18(30)26-21-19(22(31)33-6-2)14(4)20(36-21)23(32)34-7-3/h8-11H,5-7,12-13H2,1-4H3,(H,26,30). The van der Waals surface area contributed by atoms with Crippen LogP contribution in [-0.2, 0) is 27.2 Å². The molecule has 0 aliphatic heterocycles. The van der Waals surface area contributed by atoms with Gasteiger partial charge in [0.25, 0.3) is 0 Å². The molecule has 12 heteroatoms. The Labute approximate surface area is 222 Å². The molecule has 192 valence electrons. The van der Waals surface area contributed by atoms with Gasteiger partial charge in [-0.05, 0) is 51.0 Å². The number of amides is 1. The number of nitrogens with one attached hydrogen (secondary N) is 1. The number of thioether (sulfide) groups is 1. The van der Waals surface area contributed by atoms with E-state index in [1.807, 2.05) is 35.8 Å². The van der Waals surface area contributed by atoms with Gasteiger partial charge < -0.3 is 19.4 Å². The topological polar surface area (TPSA) is 112 Å². The molecule has 1 N–H and O–H groups in total. The third-order valence-corrected chi connectivity index (χ3v) is 7.46. The second kappa shape index (κ2) is 12.9. The monoisotopic (exact) mass is 550 g/mol. The quantitative estimate of drug-likeness (QED) is 0.262. The Balaban J connectivity index is 1.73. The van der Waals surface area contributed by atoms with E-state index < -0.39 is 11.9 Å². The molecule has 0 saturated carbocycles. The molecule has 0 aliphatic carbocycles. The van der Waals surface area contributed by atoms with E-state index in [-0.39, 0.29) is 40.3 Å². The maximum absolute atomic E-state index is 12.8. The molecule has 1 aromatic carbocycles. The summed E-state index contributed by atoms with van der Waals surface area (Å²) in [6, 6.07) is 7.53. The van der Waals surface area contributed by atoms with Crippen molar-refractivity contribution in [3.63, 3.8) is 0 Å². The van der Waals surface area contributed by atoms with Crippen LogP contribution in [0.25, 0.3) is 0 Å². The third kappa shape index (κ3) is 6.65. The number of carbonyl (C=O) groups is 3. The highest BCUT2D eigenvalue weighted by molar-refractivity contribution is 7.99. The fraction of sp³-hybridized carbons (Fsp3) is 0.375.